The van der Waals surface area contributed by atoms with Crippen LogP contribution in [0.2, 0.25) is 0 Å². The molecule has 0 N–H and O–H groups in total. The number of ether oxygens (including phenoxy) is 1. The summed E-state index contributed by atoms with van der Waals surface area (Å²) in [5.74, 6) is 0.852. The van der Waals surface area contributed by atoms with Gasteiger partial charge in [-0.1, -0.05) is 18.2 Å². The molecule has 0 aliphatic rings. The summed E-state index contributed by atoms with van der Waals surface area (Å²) in [6, 6.07) is 14.2. The quantitative estimate of drug-likeness (QED) is 0.676. The van der Waals surface area contributed by atoms with E-state index in [2.05, 4.69) is 33.9 Å². The van der Waals surface area contributed by atoms with Crippen LogP contribution < -0.4 is 4.74 Å². The molecule has 0 bridgehead atoms. The van der Waals surface area contributed by atoms with Crippen molar-refractivity contribution in [2.75, 3.05) is 0 Å². The summed E-state index contributed by atoms with van der Waals surface area (Å²) in [6.45, 7) is 2.56. The van der Waals surface area contributed by atoms with E-state index < -0.39 is 0 Å². The van der Waals surface area contributed by atoms with Gasteiger partial charge in [-0.3, -0.25) is 0 Å². The van der Waals surface area contributed by atoms with Gasteiger partial charge in [0.15, 0.2) is 0 Å². The number of aromatic nitrogens is 1. The monoisotopic (exact) mass is 333 g/mol. The minimum atomic E-state index is 0.501. The zero-order valence-electron chi connectivity index (χ0n) is 10.4. The predicted octanol–water partition coefficient (Wildman–Crippen LogP) is 4.95. The van der Waals surface area contributed by atoms with E-state index in [-0.39, 0.29) is 0 Å². The smallest absolute Gasteiger partial charge is 0.140 e. The van der Waals surface area contributed by atoms with Crippen molar-refractivity contribution in [1.29, 1.82) is 0 Å². The van der Waals surface area contributed by atoms with E-state index in [1.165, 1.54) is 10.3 Å². The Morgan fingerprint density at radius 2 is 2.05 bits per heavy atom. The normalized spacial score (nSPS) is 10.8. The molecular weight excluding hydrogens is 322 g/mol. The highest BCUT2D eigenvalue weighted by Crippen LogP contribution is 2.28. The molecule has 2 nitrogen and oxygen atoms in total. The van der Waals surface area contributed by atoms with E-state index in [0.717, 1.165) is 20.7 Å². The molecular formula is C15H12BrNOS. The average molecular weight is 334 g/mol. The summed E-state index contributed by atoms with van der Waals surface area (Å²) in [5, 5.41) is 0.994. The maximum atomic E-state index is 5.81. The van der Waals surface area contributed by atoms with Crippen LogP contribution >= 0.6 is 27.3 Å². The Kier molecular flexibility index (Phi) is 3.53. The number of aryl methyl sites for hydroxylation is 1. The minimum absolute atomic E-state index is 0.501. The molecule has 0 saturated heterocycles. The van der Waals surface area contributed by atoms with Crippen molar-refractivity contribution in [2.45, 2.75) is 13.5 Å². The van der Waals surface area contributed by atoms with E-state index >= 15 is 0 Å². The van der Waals surface area contributed by atoms with E-state index in [4.69, 9.17) is 4.74 Å². The molecule has 3 rings (SSSR count). The lowest BCUT2D eigenvalue weighted by Gasteiger charge is -2.06. The number of halogens is 1. The Morgan fingerprint density at radius 1 is 1.21 bits per heavy atom. The third-order valence-corrected chi connectivity index (χ3v) is 4.41. The molecule has 2 aromatic carbocycles. The van der Waals surface area contributed by atoms with Gasteiger partial charge in [0, 0.05) is 0 Å². The summed E-state index contributed by atoms with van der Waals surface area (Å²) >= 11 is 5.19. The van der Waals surface area contributed by atoms with Crippen LogP contribution in [0.4, 0.5) is 0 Å². The van der Waals surface area contributed by atoms with E-state index in [9.17, 15) is 0 Å². The highest BCUT2D eigenvalue weighted by molar-refractivity contribution is 9.10. The van der Waals surface area contributed by atoms with E-state index in [0.29, 0.717) is 6.61 Å². The number of nitrogens with zero attached hydrogens (tertiary/aromatic N) is 1. The first kappa shape index (κ1) is 12.6. The van der Waals surface area contributed by atoms with Crippen LogP contribution in [-0.4, -0.2) is 4.98 Å². The van der Waals surface area contributed by atoms with E-state index in [1.807, 2.05) is 36.4 Å². The van der Waals surface area contributed by atoms with Crippen LogP contribution in [0.3, 0.4) is 0 Å². The number of hydrogen-bond acceptors (Lipinski definition) is 3. The van der Waals surface area contributed by atoms with Crippen LogP contribution in [0.25, 0.3) is 10.2 Å². The Labute approximate surface area is 124 Å². The highest BCUT2D eigenvalue weighted by Gasteiger charge is 2.06. The molecule has 1 heterocycles. The second-order valence-corrected chi connectivity index (χ2v) is 6.27. The summed E-state index contributed by atoms with van der Waals surface area (Å²) < 4.78 is 7.99. The molecule has 96 valence electrons. The second-order valence-electron chi connectivity index (χ2n) is 4.30. The van der Waals surface area contributed by atoms with Crippen molar-refractivity contribution in [3.8, 4) is 5.75 Å². The molecule has 0 amide bonds. The van der Waals surface area contributed by atoms with Crippen LogP contribution in [-0.2, 0) is 6.61 Å². The van der Waals surface area contributed by atoms with Gasteiger partial charge >= 0.3 is 0 Å². The molecule has 0 atom stereocenters. The fraction of sp³-hybridized carbons (Fsp3) is 0.133. The standard InChI is InChI=1S/C15H12BrNOS/c1-10-6-7-13(11(16)8-10)18-9-15-17-12-4-2-3-5-14(12)19-15/h2-8H,9H2,1H3. The summed E-state index contributed by atoms with van der Waals surface area (Å²) in [7, 11) is 0. The van der Waals surface area contributed by atoms with E-state index in [1.54, 1.807) is 11.3 Å². The Hall–Kier alpha value is -1.39. The predicted molar refractivity (Wildman–Crippen MR) is 82.8 cm³/mol. The lowest BCUT2D eigenvalue weighted by molar-refractivity contribution is 0.304. The van der Waals surface area contributed by atoms with Gasteiger partial charge in [-0.05, 0) is 52.7 Å². The molecule has 3 aromatic rings. The maximum absolute atomic E-state index is 5.81. The van der Waals surface area contributed by atoms with Gasteiger partial charge in [0.25, 0.3) is 0 Å². The maximum Gasteiger partial charge on any atom is 0.140 e. The van der Waals surface area contributed by atoms with Crippen LogP contribution in [0.5, 0.6) is 5.75 Å². The van der Waals surface area contributed by atoms with Gasteiger partial charge in [-0.15, -0.1) is 11.3 Å². The number of para-hydroxylation sites is 1. The first-order chi connectivity index (χ1) is 9.22. The molecule has 4 heteroatoms. The zero-order chi connectivity index (χ0) is 13.2. The molecule has 1 aromatic heterocycles. The Balaban J connectivity index is 1.78. The van der Waals surface area contributed by atoms with Crippen molar-refractivity contribution in [1.82, 2.24) is 4.98 Å². The molecule has 0 radical (unpaired) electrons. The second kappa shape index (κ2) is 5.31. The minimum Gasteiger partial charge on any atom is -0.485 e. The fourth-order valence-electron chi connectivity index (χ4n) is 1.84. The van der Waals surface area contributed by atoms with Crippen LogP contribution in [0.15, 0.2) is 46.9 Å². The molecule has 0 aliphatic heterocycles. The van der Waals surface area contributed by atoms with Crippen molar-refractivity contribution < 1.29 is 4.74 Å². The van der Waals surface area contributed by atoms with Gasteiger partial charge < -0.3 is 4.74 Å². The topological polar surface area (TPSA) is 22.1 Å². The zero-order valence-corrected chi connectivity index (χ0v) is 12.8. The number of rotatable bonds is 3. The molecule has 0 spiro atoms. The van der Waals surface area contributed by atoms with Crippen LogP contribution in [0.1, 0.15) is 10.6 Å². The molecule has 0 aliphatic carbocycles. The third kappa shape index (κ3) is 2.80. The summed E-state index contributed by atoms with van der Waals surface area (Å²) in [4.78, 5) is 4.55. The van der Waals surface area contributed by atoms with Gasteiger partial charge in [-0.25, -0.2) is 4.98 Å². The highest BCUT2D eigenvalue weighted by atomic mass is 79.9. The number of thiazole rings is 1. The largest absolute Gasteiger partial charge is 0.485 e. The molecule has 0 saturated carbocycles. The number of hydrogen-bond donors (Lipinski definition) is 0. The van der Waals surface area contributed by atoms with Gasteiger partial charge in [0.2, 0.25) is 0 Å². The fourth-order valence-corrected chi connectivity index (χ4v) is 3.33. The van der Waals surface area contributed by atoms with Crippen molar-refractivity contribution >= 4 is 37.5 Å². The Bertz CT molecular complexity index is 690. The lowest BCUT2D eigenvalue weighted by atomic mass is 10.2. The molecule has 19 heavy (non-hydrogen) atoms. The average Bonchev–Trinajstić information content (AvgIpc) is 2.80. The van der Waals surface area contributed by atoms with Crippen molar-refractivity contribution in [3.63, 3.8) is 0 Å². The first-order valence-electron chi connectivity index (χ1n) is 5.96. The van der Waals surface area contributed by atoms with Gasteiger partial charge in [0.05, 0.1) is 14.7 Å². The first-order valence-corrected chi connectivity index (χ1v) is 7.57. The summed E-state index contributed by atoms with van der Waals surface area (Å²) in [5.41, 5.74) is 2.24. The number of benzene rings is 2. The lowest BCUT2D eigenvalue weighted by Crippen LogP contribution is -1.95. The van der Waals surface area contributed by atoms with Crippen molar-refractivity contribution in [2.24, 2.45) is 0 Å². The van der Waals surface area contributed by atoms with Gasteiger partial charge in [0.1, 0.15) is 17.4 Å². The van der Waals surface area contributed by atoms with Crippen LogP contribution in [0, 0.1) is 6.92 Å². The SMILES string of the molecule is Cc1ccc(OCc2nc3ccccc3s2)c(Br)c1. The van der Waals surface area contributed by atoms with Crippen molar-refractivity contribution in [3.05, 3.63) is 57.5 Å². The molecule has 0 unspecified atom stereocenters. The molecule has 0 fully saturated rings. The van der Waals surface area contributed by atoms with Gasteiger partial charge in [-0.2, -0.15) is 0 Å². The number of fused-ring (bicyclic) bond motifs is 1. The Morgan fingerprint density at radius 3 is 2.84 bits per heavy atom. The summed E-state index contributed by atoms with van der Waals surface area (Å²) in [6.07, 6.45) is 0. The third-order valence-electron chi connectivity index (χ3n) is 2.78.